The van der Waals surface area contributed by atoms with E-state index in [0.29, 0.717) is 24.7 Å². The van der Waals surface area contributed by atoms with Crippen molar-refractivity contribution in [3.8, 4) is 0 Å². The summed E-state index contributed by atoms with van der Waals surface area (Å²) < 4.78 is 31.8. The number of methoxy groups -OCH3 is 1. The van der Waals surface area contributed by atoms with Crippen LogP contribution in [-0.2, 0) is 21.3 Å². The van der Waals surface area contributed by atoms with Gasteiger partial charge in [-0.2, -0.15) is 4.31 Å². The number of rotatable bonds is 5. The lowest BCUT2D eigenvalue weighted by atomic mass is 10.2. The molecule has 1 aromatic carbocycles. The third-order valence-corrected chi connectivity index (χ3v) is 5.69. The van der Waals surface area contributed by atoms with E-state index in [1.54, 1.807) is 32.4 Å². The molecule has 0 bridgehead atoms. The van der Waals surface area contributed by atoms with Crippen LogP contribution in [0.1, 0.15) is 12.0 Å². The van der Waals surface area contributed by atoms with Gasteiger partial charge in [0, 0.05) is 31.8 Å². The Morgan fingerprint density at radius 1 is 1.50 bits per heavy atom. The van der Waals surface area contributed by atoms with Crippen LogP contribution < -0.4 is 5.32 Å². The lowest BCUT2D eigenvalue weighted by molar-refractivity contribution is 0.115. The minimum Gasteiger partial charge on any atom is -0.380 e. The summed E-state index contributed by atoms with van der Waals surface area (Å²) in [5.74, 6) is 0. The highest BCUT2D eigenvalue weighted by Crippen LogP contribution is 2.25. The average molecular weight is 319 g/mol. The van der Waals surface area contributed by atoms with E-state index >= 15 is 0 Å². The molecular weight excluding hydrogens is 300 g/mol. The van der Waals surface area contributed by atoms with Crippen LogP contribution in [0.5, 0.6) is 0 Å². The van der Waals surface area contributed by atoms with Gasteiger partial charge in [0.2, 0.25) is 10.0 Å². The Kier molecular flexibility index (Phi) is 5.04. The zero-order chi connectivity index (χ0) is 14.8. The highest BCUT2D eigenvalue weighted by molar-refractivity contribution is 7.89. The molecule has 1 aliphatic rings. The molecule has 7 heteroatoms. The van der Waals surface area contributed by atoms with Crippen molar-refractivity contribution < 1.29 is 13.2 Å². The summed E-state index contributed by atoms with van der Waals surface area (Å²) >= 11 is 6.06. The van der Waals surface area contributed by atoms with Gasteiger partial charge in [0.1, 0.15) is 0 Å². The van der Waals surface area contributed by atoms with Crippen molar-refractivity contribution in [1.82, 2.24) is 9.62 Å². The lowest BCUT2D eigenvalue weighted by Crippen LogP contribution is -2.30. The van der Waals surface area contributed by atoms with Crippen LogP contribution in [0.4, 0.5) is 0 Å². The zero-order valence-electron chi connectivity index (χ0n) is 11.6. The molecule has 1 fully saturated rings. The van der Waals surface area contributed by atoms with Gasteiger partial charge in [0.25, 0.3) is 0 Å². The highest BCUT2D eigenvalue weighted by Gasteiger charge is 2.32. The summed E-state index contributed by atoms with van der Waals surface area (Å²) in [5, 5.41) is 3.54. The number of sulfonamides is 1. The van der Waals surface area contributed by atoms with Crippen molar-refractivity contribution in [2.75, 3.05) is 27.2 Å². The highest BCUT2D eigenvalue weighted by atomic mass is 35.5. The Morgan fingerprint density at radius 3 is 2.85 bits per heavy atom. The molecule has 1 heterocycles. The molecule has 0 amide bonds. The van der Waals surface area contributed by atoms with Crippen LogP contribution in [-0.4, -0.2) is 46.1 Å². The van der Waals surface area contributed by atoms with Crippen molar-refractivity contribution in [2.45, 2.75) is 24.0 Å². The molecule has 1 aliphatic heterocycles. The van der Waals surface area contributed by atoms with Crippen LogP contribution >= 0.6 is 11.6 Å². The monoisotopic (exact) mass is 318 g/mol. The number of halogens is 1. The van der Waals surface area contributed by atoms with Crippen LogP contribution in [0.2, 0.25) is 5.02 Å². The number of ether oxygens (including phenoxy) is 1. The topological polar surface area (TPSA) is 58.6 Å². The normalized spacial score (nSPS) is 20.4. The largest absolute Gasteiger partial charge is 0.380 e. The van der Waals surface area contributed by atoms with Crippen LogP contribution in [0.15, 0.2) is 23.1 Å². The molecule has 0 saturated carbocycles. The third kappa shape index (κ3) is 3.15. The number of nitrogens with one attached hydrogen (secondary N) is 1. The number of hydrogen-bond donors (Lipinski definition) is 1. The summed E-state index contributed by atoms with van der Waals surface area (Å²) in [6.07, 6.45) is 0.709. The first kappa shape index (κ1) is 15.7. The molecule has 1 N–H and O–H groups in total. The van der Waals surface area contributed by atoms with Gasteiger partial charge in [-0.3, -0.25) is 0 Å². The Hall–Kier alpha value is -0.660. The van der Waals surface area contributed by atoms with Gasteiger partial charge in [0.05, 0.1) is 11.0 Å². The smallest absolute Gasteiger partial charge is 0.243 e. The fourth-order valence-corrected chi connectivity index (χ4v) is 4.02. The van der Waals surface area contributed by atoms with E-state index in [-0.39, 0.29) is 11.0 Å². The molecule has 0 aliphatic carbocycles. The van der Waals surface area contributed by atoms with Gasteiger partial charge in [-0.05, 0) is 37.2 Å². The molecule has 112 valence electrons. The fraction of sp³-hybridized carbons (Fsp3) is 0.538. The summed E-state index contributed by atoms with van der Waals surface area (Å²) in [4.78, 5) is 0.281. The van der Waals surface area contributed by atoms with Crippen LogP contribution in [0.25, 0.3) is 0 Å². The molecule has 20 heavy (non-hydrogen) atoms. The van der Waals surface area contributed by atoms with E-state index < -0.39 is 10.0 Å². The second-order valence-corrected chi connectivity index (χ2v) is 7.14. The van der Waals surface area contributed by atoms with Gasteiger partial charge in [-0.25, -0.2) is 8.42 Å². The van der Waals surface area contributed by atoms with E-state index in [2.05, 4.69) is 5.32 Å². The van der Waals surface area contributed by atoms with E-state index in [1.807, 2.05) is 0 Å². The maximum Gasteiger partial charge on any atom is 0.243 e. The predicted molar refractivity (Wildman–Crippen MR) is 78.4 cm³/mol. The SMILES string of the molecule is CNCc1cc(S(=O)(=O)N2CCC(OC)C2)ccc1Cl. The molecule has 1 atom stereocenters. The molecular formula is C13H19ClN2O3S. The molecule has 0 aromatic heterocycles. The Morgan fingerprint density at radius 2 is 2.25 bits per heavy atom. The van der Waals surface area contributed by atoms with Crippen molar-refractivity contribution in [3.63, 3.8) is 0 Å². The maximum atomic E-state index is 12.6. The number of benzene rings is 1. The summed E-state index contributed by atoms with van der Waals surface area (Å²) in [6.45, 7) is 1.43. The van der Waals surface area contributed by atoms with E-state index in [0.717, 1.165) is 12.0 Å². The standard InChI is InChI=1S/C13H19ClN2O3S/c1-15-8-10-7-12(3-4-13(10)14)20(17,18)16-6-5-11(9-16)19-2/h3-4,7,11,15H,5-6,8-9H2,1-2H3. The fourth-order valence-electron chi connectivity index (χ4n) is 2.29. The molecule has 0 radical (unpaired) electrons. The quantitative estimate of drug-likeness (QED) is 0.893. The Balaban J connectivity index is 2.28. The van der Waals surface area contributed by atoms with E-state index in [1.165, 1.54) is 4.31 Å². The second-order valence-electron chi connectivity index (χ2n) is 4.79. The molecule has 5 nitrogen and oxygen atoms in total. The first-order chi connectivity index (χ1) is 9.48. The van der Waals surface area contributed by atoms with Crippen molar-refractivity contribution >= 4 is 21.6 Å². The second kappa shape index (κ2) is 6.41. The van der Waals surface area contributed by atoms with Gasteiger partial charge in [0.15, 0.2) is 0 Å². The minimum atomic E-state index is -3.47. The molecule has 2 rings (SSSR count). The Bertz CT molecular complexity index is 577. The zero-order valence-corrected chi connectivity index (χ0v) is 13.2. The van der Waals surface area contributed by atoms with Crippen molar-refractivity contribution in [1.29, 1.82) is 0 Å². The maximum absolute atomic E-state index is 12.6. The minimum absolute atomic E-state index is 0.0196. The van der Waals surface area contributed by atoms with Crippen molar-refractivity contribution in [3.05, 3.63) is 28.8 Å². The molecule has 1 aromatic rings. The summed E-state index contributed by atoms with van der Waals surface area (Å²) in [7, 11) is -0.0743. The van der Waals surface area contributed by atoms with Crippen molar-refractivity contribution in [2.24, 2.45) is 0 Å². The number of nitrogens with zero attached hydrogens (tertiary/aromatic N) is 1. The molecule has 1 unspecified atom stereocenters. The summed E-state index contributed by atoms with van der Waals surface area (Å²) in [5.41, 5.74) is 0.776. The Labute approximate surface area is 124 Å². The van der Waals surface area contributed by atoms with Gasteiger partial charge >= 0.3 is 0 Å². The van der Waals surface area contributed by atoms with Gasteiger partial charge in [-0.1, -0.05) is 11.6 Å². The average Bonchev–Trinajstić information content (AvgIpc) is 2.91. The lowest BCUT2D eigenvalue weighted by Gasteiger charge is -2.17. The summed E-state index contributed by atoms with van der Waals surface area (Å²) in [6, 6.07) is 4.82. The van der Waals surface area contributed by atoms with E-state index in [9.17, 15) is 8.42 Å². The van der Waals surface area contributed by atoms with Gasteiger partial charge in [-0.15, -0.1) is 0 Å². The van der Waals surface area contributed by atoms with E-state index in [4.69, 9.17) is 16.3 Å². The molecule has 0 spiro atoms. The van der Waals surface area contributed by atoms with Crippen LogP contribution in [0, 0.1) is 0 Å². The first-order valence-corrected chi connectivity index (χ1v) is 8.27. The third-order valence-electron chi connectivity index (χ3n) is 3.46. The predicted octanol–water partition coefficient (Wildman–Crippen LogP) is 1.47. The van der Waals surface area contributed by atoms with Gasteiger partial charge < -0.3 is 10.1 Å². The first-order valence-electron chi connectivity index (χ1n) is 6.45. The van der Waals surface area contributed by atoms with Crippen LogP contribution in [0.3, 0.4) is 0 Å². The molecule has 1 saturated heterocycles. The number of hydrogen-bond acceptors (Lipinski definition) is 4.